The number of anilines is 3. The van der Waals surface area contributed by atoms with Gasteiger partial charge < -0.3 is 15.5 Å². The maximum atomic E-state index is 11.8. The molecule has 2 N–H and O–H groups in total. The van der Waals surface area contributed by atoms with Crippen molar-refractivity contribution in [2.45, 2.75) is 20.4 Å². The number of hydrogen-bond acceptors (Lipinski definition) is 8. The van der Waals surface area contributed by atoms with Crippen LogP contribution in [0.5, 0.6) is 0 Å². The third kappa shape index (κ3) is 5.18. The van der Waals surface area contributed by atoms with Gasteiger partial charge in [0.05, 0.1) is 11.4 Å². The van der Waals surface area contributed by atoms with Crippen molar-refractivity contribution in [3.63, 3.8) is 0 Å². The number of amides is 1. The minimum absolute atomic E-state index is 0.157. The molecule has 31 heavy (non-hydrogen) atoms. The second-order valence-electron chi connectivity index (χ2n) is 7.59. The molecule has 0 aliphatic carbocycles. The quantitative estimate of drug-likeness (QED) is 0.613. The van der Waals surface area contributed by atoms with Gasteiger partial charge in [-0.05, 0) is 43.7 Å². The lowest BCUT2D eigenvalue weighted by atomic mass is 10.2. The van der Waals surface area contributed by atoms with Gasteiger partial charge in [0.25, 0.3) is 5.91 Å². The molecule has 1 aliphatic rings. The van der Waals surface area contributed by atoms with E-state index in [2.05, 4.69) is 47.5 Å². The van der Waals surface area contributed by atoms with Gasteiger partial charge in [0, 0.05) is 57.0 Å². The predicted molar refractivity (Wildman–Crippen MR) is 124 cm³/mol. The molecule has 4 rings (SSSR count). The van der Waals surface area contributed by atoms with E-state index in [1.807, 2.05) is 32.3 Å². The molecule has 0 saturated carbocycles. The van der Waals surface area contributed by atoms with Gasteiger partial charge >= 0.3 is 0 Å². The van der Waals surface area contributed by atoms with E-state index < -0.39 is 0 Å². The van der Waals surface area contributed by atoms with Crippen LogP contribution in [0.15, 0.2) is 36.7 Å². The van der Waals surface area contributed by atoms with Gasteiger partial charge in [0.15, 0.2) is 5.13 Å². The van der Waals surface area contributed by atoms with E-state index in [9.17, 15) is 4.79 Å². The van der Waals surface area contributed by atoms with E-state index >= 15 is 0 Å². The summed E-state index contributed by atoms with van der Waals surface area (Å²) in [4.78, 5) is 31.0. The number of thiazole rings is 1. The standard InChI is InChI=1S/C22H27N7OS/c1-15-13-25-22(31-15)27-20-12-17(6-7-24-20)14-28-8-10-29(11-9-28)19-5-4-18(21(30)23-3)26-16(19)2/h4-7,12-13H,8-11,14H2,1-3H3,(H,23,30)(H,24,25,27). The van der Waals surface area contributed by atoms with Gasteiger partial charge in [-0.15, -0.1) is 11.3 Å². The first-order chi connectivity index (χ1) is 15.0. The fourth-order valence-electron chi connectivity index (χ4n) is 3.71. The summed E-state index contributed by atoms with van der Waals surface area (Å²) in [7, 11) is 1.62. The summed E-state index contributed by atoms with van der Waals surface area (Å²) in [6.45, 7) is 8.67. The largest absolute Gasteiger partial charge is 0.368 e. The van der Waals surface area contributed by atoms with Crippen molar-refractivity contribution < 1.29 is 4.79 Å². The molecule has 4 heterocycles. The highest BCUT2D eigenvalue weighted by atomic mass is 32.1. The average Bonchev–Trinajstić information content (AvgIpc) is 3.18. The van der Waals surface area contributed by atoms with E-state index in [0.717, 1.165) is 55.1 Å². The monoisotopic (exact) mass is 437 g/mol. The second-order valence-corrected chi connectivity index (χ2v) is 8.83. The summed E-state index contributed by atoms with van der Waals surface area (Å²) >= 11 is 1.62. The van der Waals surface area contributed by atoms with Crippen LogP contribution in [-0.4, -0.2) is 59.0 Å². The molecule has 1 amide bonds. The van der Waals surface area contributed by atoms with Crippen LogP contribution < -0.4 is 15.5 Å². The van der Waals surface area contributed by atoms with Crippen LogP contribution in [0.25, 0.3) is 0 Å². The second kappa shape index (κ2) is 9.40. The summed E-state index contributed by atoms with van der Waals surface area (Å²) in [6.07, 6.45) is 3.71. The maximum Gasteiger partial charge on any atom is 0.269 e. The molecule has 0 aromatic carbocycles. The predicted octanol–water partition coefficient (Wildman–Crippen LogP) is 2.98. The average molecular weight is 438 g/mol. The van der Waals surface area contributed by atoms with Gasteiger partial charge in [-0.3, -0.25) is 9.69 Å². The fraction of sp³-hybridized carbons (Fsp3) is 0.364. The molecule has 1 saturated heterocycles. The zero-order chi connectivity index (χ0) is 21.8. The maximum absolute atomic E-state index is 11.8. The SMILES string of the molecule is CNC(=O)c1ccc(N2CCN(Cc3ccnc(Nc4ncc(C)s4)c3)CC2)c(C)n1. The molecule has 3 aromatic heterocycles. The molecule has 8 nitrogen and oxygen atoms in total. The number of aryl methyl sites for hydroxylation is 2. The Morgan fingerprint density at radius 1 is 1.13 bits per heavy atom. The van der Waals surface area contributed by atoms with Crippen molar-refractivity contribution in [2.75, 3.05) is 43.4 Å². The smallest absolute Gasteiger partial charge is 0.269 e. The van der Waals surface area contributed by atoms with Gasteiger partial charge in [-0.25, -0.2) is 15.0 Å². The Balaban J connectivity index is 1.34. The number of piperazine rings is 1. The summed E-state index contributed by atoms with van der Waals surface area (Å²) < 4.78 is 0. The number of carbonyl (C=O) groups is 1. The number of nitrogens with zero attached hydrogens (tertiary/aromatic N) is 5. The first kappa shape index (κ1) is 21.2. The minimum Gasteiger partial charge on any atom is -0.368 e. The first-order valence-electron chi connectivity index (χ1n) is 10.3. The molecule has 0 unspecified atom stereocenters. The summed E-state index contributed by atoms with van der Waals surface area (Å²) in [5.41, 5.74) is 3.67. The lowest BCUT2D eigenvalue weighted by molar-refractivity contribution is 0.0958. The highest BCUT2D eigenvalue weighted by Crippen LogP contribution is 2.23. The van der Waals surface area contributed by atoms with Gasteiger partial charge in [-0.2, -0.15) is 0 Å². The van der Waals surface area contributed by atoms with Crippen molar-refractivity contribution in [1.29, 1.82) is 0 Å². The Hall–Kier alpha value is -3.04. The third-order valence-electron chi connectivity index (χ3n) is 5.32. The van der Waals surface area contributed by atoms with E-state index in [1.54, 1.807) is 24.5 Å². The normalized spacial score (nSPS) is 14.5. The van der Waals surface area contributed by atoms with Crippen LogP contribution in [0, 0.1) is 13.8 Å². The molecule has 0 spiro atoms. The zero-order valence-corrected chi connectivity index (χ0v) is 18.9. The Labute approximate surface area is 186 Å². The van der Waals surface area contributed by atoms with Crippen LogP contribution in [0.2, 0.25) is 0 Å². The molecule has 1 aliphatic heterocycles. The molecule has 0 radical (unpaired) electrons. The number of aromatic nitrogens is 3. The van der Waals surface area contributed by atoms with E-state index in [4.69, 9.17) is 0 Å². The lowest BCUT2D eigenvalue weighted by Crippen LogP contribution is -2.46. The van der Waals surface area contributed by atoms with Crippen LogP contribution in [0.4, 0.5) is 16.6 Å². The lowest BCUT2D eigenvalue weighted by Gasteiger charge is -2.36. The fourth-order valence-corrected chi connectivity index (χ4v) is 4.38. The number of carbonyl (C=O) groups excluding carboxylic acids is 1. The van der Waals surface area contributed by atoms with E-state index in [0.29, 0.717) is 5.69 Å². The number of nitrogens with one attached hydrogen (secondary N) is 2. The highest BCUT2D eigenvalue weighted by molar-refractivity contribution is 7.15. The van der Waals surface area contributed by atoms with Crippen LogP contribution >= 0.6 is 11.3 Å². The number of hydrogen-bond donors (Lipinski definition) is 2. The van der Waals surface area contributed by atoms with Crippen molar-refractivity contribution >= 4 is 33.9 Å². The first-order valence-corrected chi connectivity index (χ1v) is 11.1. The Morgan fingerprint density at radius 3 is 2.61 bits per heavy atom. The molecule has 162 valence electrons. The molecule has 0 bridgehead atoms. The summed E-state index contributed by atoms with van der Waals surface area (Å²) in [5, 5.41) is 6.77. The van der Waals surface area contributed by atoms with Crippen LogP contribution in [0.3, 0.4) is 0 Å². The Kier molecular flexibility index (Phi) is 6.43. The van der Waals surface area contributed by atoms with Gasteiger partial charge in [0.2, 0.25) is 0 Å². The van der Waals surface area contributed by atoms with E-state index in [-0.39, 0.29) is 5.91 Å². The highest BCUT2D eigenvalue weighted by Gasteiger charge is 2.20. The van der Waals surface area contributed by atoms with Crippen LogP contribution in [-0.2, 0) is 6.54 Å². The molecule has 1 fully saturated rings. The summed E-state index contributed by atoms with van der Waals surface area (Å²) in [6, 6.07) is 7.96. The third-order valence-corrected chi connectivity index (χ3v) is 6.15. The number of rotatable bonds is 6. The molecular weight excluding hydrogens is 410 g/mol. The van der Waals surface area contributed by atoms with Crippen molar-refractivity contribution in [2.24, 2.45) is 0 Å². The topological polar surface area (TPSA) is 86.3 Å². The Bertz CT molecular complexity index is 1060. The molecule has 3 aromatic rings. The summed E-state index contributed by atoms with van der Waals surface area (Å²) in [5.74, 6) is 0.666. The van der Waals surface area contributed by atoms with Gasteiger partial charge in [-0.1, -0.05) is 0 Å². The van der Waals surface area contributed by atoms with Crippen molar-refractivity contribution in [3.8, 4) is 0 Å². The van der Waals surface area contributed by atoms with Gasteiger partial charge in [0.1, 0.15) is 11.5 Å². The minimum atomic E-state index is -0.157. The zero-order valence-electron chi connectivity index (χ0n) is 18.1. The van der Waals surface area contributed by atoms with Crippen molar-refractivity contribution in [3.05, 3.63) is 58.5 Å². The number of pyridine rings is 2. The van der Waals surface area contributed by atoms with Crippen LogP contribution in [0.1, 0.15) is 26.6 Å². The molecular formula is C22H27N7OS. The molecule has 0 atom stereocenters. The van der Waals surface area contributed by atoms with Crippen molar-refractivity contribution in [1.82, 2.24) is 25.2 Å². The Morgan fingerprint density at radius 2 is 1.94 bits per heavy atom. The van der Waals surface area contributed by atoms with E-state index in [1.165, 1.54) is 10.4 Å². The molecule has 9 heteroatoms.